The van der Waals surface area contributed by atoms with Gasteiger partial charge in [-0.25, -0.2) is 0 Å². The number of nitrogens with two attached hydrogens (primary N) is 1. The Labute approximate surface area is 109 Å². The van der Waals surface area contributed by atoms with Gasteiger partial charge in [0, 0.05) is 0 Å². The van der Waals surface area contributed by atoms with Crippen LogP contribution in [0.3, 0.4) is 0 Å². The van der Waals surface area contributed by atoms with Crippen LogP contribution in [0.5, 0.6) is 0 Å². The number of halogens is 3. The van der Waals surface area contributed by atoms with Gasteiger partial charge in [0.15, 0.2) is 0 Å². The third-order valence-corrected chi connectivity index (χ3v) is 3.17. The van der Waals surface area contributed by atoms with Crippen LogP contribution in [0.1, 0.15) is 25.7 Å². The van der Waals surface area contributed by atoms with Gasteiger partial charge in [0.05, 0.1) is 13.1 Å². The van der Waals surface area contributed by atoms with E-state index in [0.29, 0.717) is 12.8 Å². The SMILES string of the molecule is NCC(=O)NCC(=O)NC(C1CCCC1)C(F)(F)F. The number of carbonyl (C=O) groups excluding carboxylic acids is 2. The second-order valence-corrected chi connectivity index (χ2v) is 4.61. The number of hydrogen-bond donors (Lipinski definition) is 3. The zero-order chi connectivity index (χ0) is 14.5. The van der Waals surface area contributed by atoms with Crippen molar-refractivity contribution < 1.29 is 22.8 Å². The van der Waals surface area contributed by atoms with Gasteiger partial charge >= 0.3 is 6.18 Å². The normalized spacial score (nSPS) is 18.1. The van der Waals surface area contributed by atoms with Crippen molar-refractivity contribution in [2.24, 2.45) is 11.7 Å². The summed E-state index contributed by atoms with van der Waals surface area (Å²) in [6.45, 7) is -0.798. The Bertz CT molecular complexity index is 328. The van der Waals surface area contributed by atoms with Crippen molar-refractivity contribution in [1.82, 2.24) is 10.6 Å². The van der Waals surface area contributed by atoms with E-state index in [1.165, 1.54) is 0 Å². The third kappa shape index (κ3) is 5.06. The minimum absolute atomic E-state index is 0.307. The van der Waals surface area contributed by atoms with Crippen LogP contribution in [0.15, 0.2) is 0 Å². The highest BCUT2D eigenvalue weighted by Gasteiger charge is 2.46. The van der Waals surface area contributed by atoms with Crippen LogP contribution >= 0.6 is 0 Å². The summed E-state index contributed by atoms with van der Waals surface area (Å²) < 4.78 is 38.6. The van der Waals surface area contributed by atoms with E-state index in [2.05, 4.69) is 5.32 Å². The zero-order valence-corrected chi connectivity index (χ0v) is 10.4. The summed E-state index contributed by atoms with van der Waals surface area (Å²) in [5, 5.41) is 4.10. The molecule has 1 unspecified atom stereocenters. The van der Waals surface area contributed by atoms with Crippen LogP contribution in [0.4, 0.5) is 13.2 Å². The number of rotatable bonds is 5. The Morgan fingerprint density at radius 3 is 2.26 bits per heavy atom. The number of alkyl halides is 3. The predicted octanol–water partition coefficient (Wildman–Crippen LogP) is 0.299. The highest BCUT2D eigenvalue weighted by molar-refractivity contribution is 5.85. The second-order valence-electron chi connectivity index (χ2n) is 4.61. The molecule has 1 rings (SSSR count). The monoisotopic (exact) mass is 281 g/mol. The van der Waals surface area contributed by atoms with E-state index in [9.17, 15) is 22.8 Å². The fourth-order valence-electron chi connectivity index (χ4n) is 2.23. The largest absolute Gasteiger partial charge is 0.408 e. The minimum Gasteiger partial charge on any atom is -0.346 e. The van der Waals surface area contributed by atoms with E-state index in [-0.39, 0.29) is 6.54 Å². The molecule has 1 atom stereocenters. The molecule has 0 aromatic heterocycles. The topological polar surface area (TPSA) is 84.2 Å². The third-order valence-electron chi connectivity index (χ3n) is 3.17. The minimum atomic E-state index is -4.47. The van der Waals surface area contributed by atoms with Crippen molar-refractivity contribution in [2.45, 2.75) is 37.9 Å². The quantitative estimate of drug-likeness (QED) is 0.677. The maximum absolute atomic E-state index is 12.9. The second kappa shape index (κ2) is 6.74. The molecular formula is C11H18F3N3O2. The molecule has 1 fully saturated rings. The van der Waals surface area contributed by atoms with Crippen molar-refractivity contribution in [3.63, 3.8) is 0 Å². The van der Waals surface area contributed by atoms with Crippen LogP contribution in [-0.4, -0.2) is 37.1 Å². The molecule has 0 heterocycles. The summed E-state index contributed by atoms with van der Waals surface area (Å²) in [6, 6.07) is -1.84. The molecule has 0 aliphatic heterocycles. The molecule has 0 bridgehead atoms. The van der Waals surface area contributed by atoms with Gasteiger partial charge in [-0.15, -0.1) is 0 Å². The van der Waals surface area contributed by atoms with Gasteiger partial charge in [0.25, 0.3) is 0 Å². The van der Waals surface area contributed by atoms with Crippen LogP contribution in [0, 0.1) is 5.92 Å². The van der Waals surface area contributed by atoms with Gasteiger partial charge in [-0.2, -0.15) is 13.2 Å². The Balaban J connectivity index is 2.52. The first-order valence-electron chi connectivity index (χ1n) is 6.17. The highest BCUT2D eigenvalue weighted by atomic mass is 19.4. The lowest BCUT2D eigenvalue weighted by atomic mass is 9.97. The molecule has 8 heteroatoms. The van der Waals surface area contributed by atoms with Crippen LogP contribution in [0.25, 0.3) is 0 Å². The Kier molecular flexibility index (Phi) is 5.59. The van der Waals surface area contributed by atoms with Gasteiger partial charge in [-0.05, 0) is 18.8 Å². The van der Waals surface area contributed by atoms with E-state index >= 15 is 0 Å². The molecule has 2 amide bonds. The van der Waals surface area contributed by atoms with Crippen molar-refractivity contribution in [3.05, 3.63) is 0 Å². The highest BCUT2D eigenvalue weighted by Crippen LogP contribution is 2.35. The summed E-state index contributed by atoms with van der Waals surface area (Å²) in [7, 11) is 0. The van der Waals surface area contributed by atoms with E-state index in [1.807, 2.05) is 5.32 Å². The lowest BCUT2D eigenvalue weighted by molar-refractivity contribution is -0.171. The fraction of sp³-hybridized carbons (Fsp3) is 0.818. The molecule has 0 radical (unpaired) electrons. The van der Waals surface area contributed by atoms with Gasteiger partial charge in [0.2, 0.25) is 11.8 Å². The zero-order valence-electron chi connectivity index (χ0n) is 10.4. The van der Waals surface area contributed by atoms with Crippen molar-refractivity contribution in [1.29, 1.82) is 0 Å². The number of carbonyl (C=O) groups is 2. The van der Waals surface area contributed by atoms with E-state index < -0.39 is 36.5 Å². The van der Waals surface area contributed by atoms with E-state index in [1.54, 1.807) is 0 Å². The first-order valence-corrected chi connectivity index (χ1v) is 6.17. The number of nitrogens with one attached hydrogen (secondary N) is 2. The molecule has 110 valence electrons. The number of hydrogen-bond acceptors (Lipinski definition) is 3. The molecule has 0 spiro atoms. The lowest BCUT2D eigenvalue weighted by Gasteiger charge is -2.27. The average Bonchev–Trinajstić information content (AvgIpc) is 2.84. The van der Waals surface area contributed by atoms with E-state index in [0.717, 1.165) is 12.8 Å². The molecule has 1 aliphatic carbocycles. The predicted molar refractivity (Wildman–Crippen MR) is 62.0 cm³/mol. The standard InChI is InChI=1S/C11H18F3N3O2/c12-11(13,14)10(7-3-1-2-4-7)17-9(19)6-16-8(18)5-15/h7,10H,1-6,15H2,(H,16,18)(H,17,19). The molecule has 0 saturated heterocycles. The van der Waals surface area contributed by atoms with Gasteiger partial charge in [-0.3, -0.25) is 9.59 Å². The van der Waals surface area contributed by atoms with Gasteiger partial charge in [-0.1, -0.05) is 12.8 Å². The molecule has 4 N–H and O–H groups in total. The molecule has 1 aliphatic rings. The summed E-state index contributed by atoms with van der Waals surface area (Å²) >= 11 is 0. The Morgan fingerprint density at radius 2 is 1.79 bits per heavy atom. The van der Waals surface area contributed by atoms with Crippen LogP contribution < -0.4 is 16.4 Å². The summed E-state index contributed by atoms with van der Waals surface area (Å²) in [6.07, 6.45) is -2.06. The fourth-order valence-corrected chi connectivity index (χ4v) is 2.23. The molecule has 0 aromatic carbocycles. The molecular weight excluding hydrogens is 263 g/mol. The van der Waals surface area contributed by atoms with E-state index in [4.69, 9.17) is 5.73 Å². The maximum atomic E-state index is 12.9. The van der Waals surface area contributed by atoms with Crippen molar-refractivity contribution in [3.8, 4) is 0 Å². The van der Waals surface area contributed by atoms with Gasteiger partial charge < -0.3 is 16.4 Å². The number of amides is 2. The molecule has 1 saturated carbocycles. The molecule has 5 nitrogen and oxygen atoms in total. The van der Waals surface area contributed by atoms with Crippen LogP contribution in [0.2, 0.25) is 0 Å². The molecule has 0 aromatic rings. The Hall–Kier alpha value is -1.31. The summed E-state index contributed by atoms with van der Waals surface area (Å²) in [5.74, 6) is -2.01. The smallest absolute Gasteiger partial charge is 0.346 e. The summed E-state index contributed by atoms with van der Waals surface area (Å²) in [4.78, 5) is 22.2. The first-order chi connectivity index (χ1) is 8.84. The Morgan fingerprint density at radius 1 is 1.21 bits per heavy atom. The molecule has 19 heavy (non-hydrogen) atoms. The van der Waals surface area contributed by atoms with Crippen LogP contribution in [-0.2, 0) is 9.59 Å². The van der Waals surface area contributed by atoms with Crippen molar-refractivity contribution in [2.75, 3.05) is 13.1 Å². The van der Waals surface area contributed by atoms with Crippen molar-refractivity contribution >= 4 is 11.8 Å². The lowest BCUT2D eigenvalue weighted by Crippen LogP contribution is -2.52. The maximum Gasteiger partial charge on any atom is 0.408 e. The first kappa shape index (κ1) is 15.7. The average molecular weight is 281 g/mol. The summed E-state index contributed by atoms with van der Waals surface area (Å²) in [5.41, 5.74) is 5.00. The van der Waals surface area contributed by atoms with Gasteiger partial charge in [0.1, 0.15) is 6.04 Å².